The van der Waals surface area contributed by atoms with Gasteiger partial charge in [0, 0.05) is 17.5 Å². The lowest BCUT2D eigenvalue weighted by atomic mass is 9.98. The van der Waals surface area contributed by atoms with E-state index in [-0.39, 0.29) is 5.82 Å². The minimum Gasteiger partial charge on any atom is -0.491 e. The normalized spacial score (nSPS) is 12.9. The number of nitriles is 1. The molecule has 2 heterocycles. The number of nitrogen functional groups attached to an aromatic ring is 1. The Kier molecular flexibility index (Phi) is 3.26. The van der Waals surface area contributed by atoms with Gasteiger partial charge in [0.25, 0.3) is 0 Å². The predicted molar refractivity (Wildman–Crippen MR) is 82.1 cm³/mol. The number of hydrogen-bond donors (Lipinski definition) is 1. The van der Waals surface area contributed by atoms with Crippen LogP contribution in [0.3, 0.4) is 0 Å². The first-order chi connectivity index (χ1) is 10.1. The molecule has 0 amide bonds. The number of nitrogens with zero attached hydrogens (tertiary/aromatic N) is 2. The number of ether oxygens (including phenoxy) is 1. The van der Waals surface area contributed by atoms with Crippen molar-refractivity contribution in [3.05, 3.63) is 41.0 Å². The molecular formula is C17H17N3O. The Morgan fingerprint density at radius 3 is 2.62 bits per heavy atom. The van der Waals surface area contributed by atoms with E-state index in [4.69, 9.17) is 10.5 Å². The topological polar surface area (TPSA) is 71.9 Å². The second kappa shape index (κ2) is 5.10. The highest BCUT2D eigenvalue weighted by Crippen LogP contribution is 2.39. The van der Waals surface area contributed by atoms with Crippen molar-refractivity contribution >= 4 is 5.82 Å². The number of nitrogens with two attached hydrogens (primary N) is 1. The first-order valence-corrected chi connectivity index (χ1v) is 7.07. The van der Waals surface area contributed by atoms with Crippen molar-refractivity contribution in [2.24, 2.45) is 0 Å². The molecule has 2 aromatic rings. The summed E-state index contributed by atoms with van der Waals surface area (Å²) in [7, 11) is 0. The summed E-state index contributed by atoms with van der Waals surface area (Å²) in [6.07, 6.45) is 0.710. The van der Waals surface area contributed by atoms with Crippen molar-refractivity contribution < 1.29 is 4.74 Å². The monoisotopic (exact) mass is 279 g/mol. The summed E-state index contributed by atoms with van der Waals surface area (Å²) in [4.78, 5) is 4.39. The molecule has 0 radical (unpaired) electrons. The number of fused-ring (bicyclic) bond motifs is 1. The van der Waals surface area contributed by atoms with Crippen LogP contribution in [0.25, 0.3) is 11.3 Å². The van der Waals surface area contributed by atoms with Crippen LogP contribution in [-0.2, 0) is 6.42 Å². The molecule has 0 atom stereocenters. The Labute approximate surface area is 124 Å². The van der Waals surface area contributed by atoms with Crippen molar-refractivity contribution in [1.82, 2.24) is 4.98 Å². The van der Waals surface area contributed by atoms with E-state index in [2.05, 4.69) is 37.0 Å². The first-order valence-electron chi connectivity index (χ1n) is 7.07. The highest BCUT2D eigenvalue weighted by Gasteiger charge is 2.24. The standard InChI is InChI=1S/C17H17N3O/c1-10(2)11-3-5-12(6-4-11)15-16-13(7-8-21-16)14(9-18)17(19)20-15/h3-6,10H,7-8H2,1-2H3,(H2,19,20). The first kappa shape index (κ1) is 13.4. The lowest BCUT2D eigenvalue weighted by Crippen LogP contribution is -2.01. The van der Waals surface area contributed by atoms with Gasteiger partial charge in [-0.2, -0.15) is 5.26 Å². The number of pyridine rings is 1. The van der Waals surface area contributed by atoms with Gasteiger partial charge in [-0.05, 0) is 11.5 Å². The summed E-state index contributed by atoms with van der Waals surface area (Å²) < 4.78 is 5.69. The molecule has 0 saturated heterocycles. The van der Waals surface area contributed by atoms with Gasteiger partial charge in [-0.25, -0.2) is 4.98 Å². The van der Waals surface area contributed by atoms with Crippen LogP contribution in [0.15, 0.2) is 24.3 Å². The van der Waals surface area contributed by atoms with Crippen LogP contribution in [-0.4, -0.2) is 11.6 Å². The van der Waals surface area contributed by atoms with Gasteiger partial charge in [0.05, 0.1) is 6.61 Å². The minimum absolute atomic E-state index is 0.282. The Bertz CT molecular complexity index is 727. The van der Waals surface area contributed by atoms with Gasteiger partial charge >= 0.3 is 0 Å². The van der Waals surface area contributed by atoms with E-state index in [0.717, 1.165) is 16.8 Å². The van der Waals surface area contributed by atoms with Crippen molar-refractivity contribution in [2.75, 3.05) is 12.3 Å². The number of aromatic nitrogens is 1. The molecule has 1 aliphatic rings. The third-order valence-corrected chi connectivity index (χ3v) is 3.84. The van der Waals surface area contributed by atoms with E-state index < -0.39 is 0 Å². The lowest BCUT2D eigenvalue weighted by Gasteiger charge is -2.11. The van der Waals surface area contributed by atoms with E-state index in [9.17, 15) is 5.26 Å². The number of benzene rings is 1. The number of hydrogen-bond acceptors (Lipinski definition) is 4. The molecule has 2 N–H and O–H groups in total. The van der Waals surface area contributed by atoms with Crippen molar-refractivity contribution in [1.29, 1.82) is 5.26 Å². The third-order valence-electron chi connectivity index (χ3n) is 3.84. The van der Waals surface area contributed by atoms with Gasteiger partial charge < -0.3 is 10.5 Å². The average molecular weight is 279 g/mol. The van der Waals surface area contributed by atoms with Crippen LogP contribution < -0.4 is 10.5 Å². The van der Waals surface area contributed by atoms with E-state index in [1.807, 2.05) is 12.1 Å². The van der Waals surface area contributed by atoms with Gasteiger partial charge in [-0.1, -0.05) is 38.1 Å². The minimum atomic E-state index is 0.282. The molecule has 0 saturated carbocycles. The zero-order valence-electron chi connectivity index (χ0n) is 12.2. The second-order valence-corrected chi connectivity index (χ2v) is 5.52. The molecule has 1 aromatic heterocycles. The van der Waals surface area contributed by atoms with Crippen LogP contribution in [0, 0.1) is 11.3 Å². The molecule has 0 spiro atoms. The number of rotatable bonds is 2. The molecule has 0 unspecified atom stereocenters. The Balaban J connectivity index is 2.13. The number of anilines is 1. The van der Waals surface area contributed by atoms with E-state index in [1.54, 1.807) is 0 Å². The molecule has 3 rings (SSSR count). The summed E-state index contributed by atoms with van der Waals surface area (Å²) in [6.45, 7) is 4.90. The lowest BCUT2D eigenvalue weighted by molar-refractivity contribution is 0.357. The summed E-state index contributed by atoms with van der Waals surface area (Å²) in [5.74, 6) is 1.47. The van der Waals surface area contributed by atoms with E-state index >= 15 is 0 Å². The molecule has 4 nitrogen and oxygen atoms in total. The zero-order valence-corrected chi connectivity index (χ0v) is 12.2. The molecule has 1 aliphatic heterocycles. The molecule has 21 heavy (non-hydrogen) atoms. The van der Waals surface area contributed by atoms with E-state index in [1.165, 1.54) is 5.56 Å². The largest absolute Gasteiger partial charge is 0.491 e. The molecule has 4 heteroatoms. The van der Waals surface area contributed by atoms with Gasteiger partial charge in [-0.15, -0.1) is 0 Å². The SMILES string of the molecule is CC(C)c1ccc(-c2nc(N)c(C#N)c3c2OCC3)cc1. The predicted octanol–water partition coefficient (Wildman–Crippen LogP) is 3.26. The summed E-state index contributed by atoms with van der Waals surface area (Å²) in [5.41, 5.74) is 10.2. The van der Waals surface area contributed by atoms with Gasteiger partial charge in [0.1, 0.15) is 28.9 Å². The smallest absolute Gasteiger partial charge is 0.150 e. The fraction of sp³-hybridized carbons (Fsp3) is 0.294. The van der Waals surface area contributed by atoms with Gasteiger partial charge in [-0.3, -0.25) is 0 Å². The van der Waals surface area contributed by atoms with Gasteiger partial charge in [0.15, 0.2) is 0 Å². The maximum Gasteiger partial charge on any atom is 0.150 e. The second-order valence-electron chi connectivity index (χ2n) is 5.52. The van der Waals surface area contributed by atoms with E-state index in [0.29, 0.717) is 30.3 Å². The van der Waals surface area contributed by atoms with Crippen molar-refractivity contribution in [3.63, 3.8) is 0 Å². The summed E-state index contributed by atoms with van der Waals surface area (Å²) in [5, 5.41) is 9.22. The Hall–Kier alpha value is -2.54. The van der Waals surface area contributed by atoms with Crippen LogP contribution in [0.1, 0.15) is 36.5 Å². The van der Waals surface area contributed by atoms with Crippen LogP contribution in [0.5, 0.6) is 5.75 Å². The van der Waals surface area contributed by atoms with Crippen LogP contribution in [0.2, 0.25) is 0 Å². The molecule has 0 aliphatic carbocycles. The highest BCUT2D eigenvalue weighted by molar-refractivity contribution is 5.75. The molecule has 0 fully saturated rings. The summed E-state index contributed by atoms with van der Waals surface area (Å²) in [6, 6.07) is 10.4. The summed E-state index contributed by atoms with van der Waals surface area (Å²) >= 11 is 0. The molecule has 0 bridgehead atoms. The fourth-order valence-corrected chi connectivity index (χ4v) is 2.63. The Morgan fingerprint density at radius 2 is 2.00 bits per heavy atom. The highest BCUT2D eigenvalue weighted by atomic mass is 16.5. The molecular weight excluding hydrogens is 262 g/mol. The average Bonchev–Trinajstić information content (AvgIpc) is 2.96. The molecule has 106 valence electrons. The zero-order chi connectivity index (χ0) is 15.0. The van der Waals surface area contributed by atoms with Crippen LogP contribution >= 0.6 is 0 Å². The quantitative estimate of drug-likeness (QED) is 0.915. The maximum absolute atomic E-state index is 9.22. The van der Waals surface area contributed by atoms with Crippen LogP contribution in [0.4, 0.5) is 5.82 Å². The third kappa shape index (κ3) is 2.21. The van der Waals surface area contributed by atoms with Crippen molar-refractivity contribution in [2.45, 2.75) is 26.2 Å². The fourth-order valence-electron chi connectivity index (χ4n) is 2.63. The molecule has 1 aromatic carbocycles. The maximum atomic E-state index is 9.22. The van der Waals surface area contributed by atoms with Crippen molar-refractivity contribution in [3.8, 4) is 23.1 Å². The van der Waals surface area contributed by atoms with Gasteiger partial charge in [0.2, 0.25) is 0 Å². The Morgan fingerprint density at radius 1 is 1.29 bits per heavy atom.